The van der Waals surface area contributed by atoms with Crippen LogP contribution in [0.25, 0.3) is 0 Å². The minimum atomic E-state index is 0.302. The van der Waals surface area contributed by atoms with Gasteiger partial charge in [-0.2, -0.15) is 0 Å². The Hall–Kier alpha value is -1.06. The highest BCUT2D eigenvalue weighted by Crippen LogP contribution is 2.26. The van der Waals surface area contributed by atoms with Gasteiger partial charge in [0.25, 0.3) is 0 Å². The van der Waals surface area contributed by atoms with Crippen LogP contribution in [0.3, 0.4) is 0 Å². The van der Waals surface area contributed by atoms with Crippen LogP contribution in [0, 0.1) is 5.92 Å². The van der Waals surface area contributed by atoms with Gasteiger partial charge in [0.05, 0.1) is 0 Å². The molecule has 0 saturated heterocycles. The van der Waals surface area contributed by atoms with Crippen molar-refractivity contribution >= 4 is 5.69 Å². The second kappa shape index (κ2) is 6.76. The first-order valence-corrected chi connectivity index (χ1v) is 6.97. The van der Waals surface area contributed by atoms with Gasteiger partial charge in [-0.15, -0.1) is 0 Å². The predicted octanol–water partition coefficient (Wildman–Crippen LogP) is 2.15. The number of hydrogen-bond acceptors (Lipinski definition) is 3. The van der Waals surface area contributed by atoms with E-state index in [2.05, 4.69) is 35.8 Å². The molecule has 0 radical (unpaired) electrons. The normalized spacial score (nSPS) is 15.2. The average molecular weight is 248 g/mol. The van der Waals surface area contributed by atoms with Crippen molar-refractivity contribution in [2.45, 2.75) is 32.7 Å². The second-order valence-corrected chi connectivity index (χ2v) is 5.23. The molecule has 0 saturated carbocycles. The van der Waals surface area contributed by atoms with Gasteiger partial charge in [0.15, 0.2) is 0 Å². The van der Waals surface area contributed by atoms with Crippen molar-refractivity contribution in [2.24, 2.45) is 5.92 Å². The number of fused-ring (bicyclic) bond motifs is 1. The average Bonchev–Trinajstić information content (AvgIpc) is 2.87. The van der Waals surface area contributed by atoms with Crippen LogP contribution in [-0.4, -0.2) is 24.8 Å². The third-order valence-electron chi connectivity index (χ3n) is 3.61. The number of anilines is 1. The molecule has 0 bridgehead atoms. The van der Waals surface area contributed by atoms with E-state index in [0.29, 0.717) is 12.5 Å². The van der Waals surface area contributed by atoms with Gasteiger partial charge < -0.3 is 15.7 Å². The third-order valence-corrected chi connectivity index (χ3v) is 3.61. The number of rotatable bonds is 7. The van der Waals surface area contributed by atoms with E-state index in [1.54, 1.807) is 0 Å². The lowest BCUT2D eigenvalue weighted by molar-refractivity contribution is 0.228. The summed E-state index contributed by atoms with van der Waals surface area (Å²) in [6, 6.07) is 6.55. The van der Waals surface area contributed by atoms with Crippen LogP contribution in [0.5, 0.6) is 0 Å². The molecular formula is C15H24N2O. The monoisotopic (exact) mass is 248 g/mol. The minimum Gasteiger partial charge on any atom is -0.396 e. The highest BCUT2D eigenvalue weighted by Gasteiger charge is 2.12. The van der Waals surface area contributed by atoms with E-state index < -0.39 is 0 Å². The Balaban J connectivity index is 1.73. The number of benzene rings is 1. The summed E-state index contributed by atoms with van der Waals surface area (Å²) in [5.74, 6) is 0.425. The molecule has 0 aromatic heterocycles. The number of aliphatic hydroxyl groups is 1. The number of hydrogen-bond donors (Lipinski definition) is 3. The molecule has 1 heterocycles. The van der Waals surface area contributed by atoms with Gasteiger partial charge in [-0.25, -0.2) is 0 Å². The molecule has 1 aromatic rings. The van der Waals surface area contributed by atoms with E-state index in [-0.39, 0.29) is 0 Å². The standard InChI is InChI=1S/C15H24N2O/c1-12(11-18)4-3-8-16-10-14-6-2-5-13-7-9-17-15(13)14/h2,5-6,12,16-18H,3-4,7-11H2,1H3. The van der Waals surface area contributed by atoms with E-state index in [4.69, 9.17) is 5.11 Å². The molecule has 100 valence electrons. The fourth-order valence-corrected chi connectivity index (χ4v) is 2.45. The van der Waals surface area contributed by atoms with E-state index >= 15 is 0 Å². The molecule has 0 spiro atoms. The van der Waals surface area contributed by atoms with E-state index in [1.807, 2.05) is 0 Å². The topological polar surface area (TPSA) is 44.3 Å². The predicted molar refractivity (Wildman–Crippen MR) is 75.8 cm³/mol. The lowest BCUT2D eigenvalue weighted by Crippen LogP contribution is -2.16. The van der Waals surface area contributed by atoms with Crippen LogP contribution in [0.1, 0.15) is 30.9 Å². The van der Waals surface area contributed by atoms with Crippen molar-refractivity contribution < 1.29 is 5.11 Å². The zero-order valence-corrected chi connectivity index (χ0v) is 11.2. The Morgan fingerprint density at radius 2 is 2.33 bits per heavy atom. The van der Waals surface area contributed by atoms with Crippen LogP contribution in [0.15, 0.2) is 18.2 Å². The molecule has 1 unspecified atom stereocenters. The Kier molecular flexibility index (Phi) is 5.02. The molecule has 3 heteroatoms. The number of aliphatic hydroxyl groups excluding tert-OH is 1. The first kappa shape index (κ1) is 13.4. The molecular weight excluding hydrogens is 224 g/mol. The first-order valence-electron chi connectivity index (χ1n) is 6.97. The van der Waals surface area contributed by atoms with Crippen molar-refractivity contribution in [1.29, 1.82) is 0 Å². The van der Waals surface area contributed by atoms with Crippen molar-refractivity contribution in [3.63, 3.8) is 0 Å². The van der Waals surface area contributed by atoms with E-state index in [1.165, 1.54) is 16.8 Å². The molecule has 0 aliphatic carbocycles. The molecule has 3 N–H and O–H groups in total. The summed E-state index contributed by atoms with van der Waals surface area (Å²) in [6.07, 6.45) is 3.37. The molecule has 1 aromatic carbocycles. The maximum Gasteiger partial charge on any atom is 0.0456 e. The number of para-hydroxylation sites is 1. The van der Waals surface area contributed by atoms with Gasteiger partial charge in [0.1, 0.15) is 0 Å². The van der Waals surface area contributed by atoms with E-state index in [9.17, 15) is 0 Å². The molecule has 18 heavy (non-hydrogen) atoms. The molecule has 1 atom stereocenters. The zero-order valence-electron chi connectivity index (χ0n) is 11.2. The fourth-order valence-electron chi connectivity index (χ4n) is 2.45. The highest BCUT2D eigenvalue weighted by atomic mass is 16.3. The van der Waals surface area contributed by atoms with Crippen LogP contribution in [0.4, 0.5) is 5.69 Å². The fraction of sp³-hybridized carbons (Fsp3) is 0.600. The van der Waals surface area contributed by atoms with Gasteiger partial charge in [0, 0.05) is 25.4 Å². The molecule has 0 fully saturated rings. The van der Waals surface area contributed by atoms with Crippen molar-refractivity contribution in [3.8, 4) is 0 Å². The van der Waals surface area contributed by atoms with Gasteiger partial charge in [0.2, 0.25) is 0 Å². The molecule has 1 aliphatic rings. The summed E-state index contributed by atoms with van der Waals surface area (Å²) in [7, 11) is 0. The van der Waals surface area contributed by atoms with Gasteiger partial charge in [-0.05, 0) is 42.9 Å². The Morgan fingerprint density at radius 3 is 3.17 bits per heavy atom. The second-order valence-electron chi connectivity index (χ2n) is 5.23. The summed E-state index contributed by atoms with van der Waals surface area (Å²) in [5.41, 5.74) is 4.16. The van der Waals surface area contributed by atoms with Crippen LogP contribution in [-0.2, 0) is 13.0 Å². The van der Waals surface area contributed by atoms with Gasteiger partial charge in [-0.3, -0.25) is 0 Å². The van der Waals surface area contributed by atoms with Gasteiger partial charge in [-0.1, -0.05) is 25.1 Å². The minimum absolute atomic E-state index is 0.302. The Labute approximate surface area is 110 Å². The quantitative estimate of drug-likeness (QED) is 0.648. The Morgan fingerprint density at radius 1 is 1.44 bits per heavy atom. The van der Waals surface area contributed by atoms with Gasteiger partial charge >= 0.3 is 0 Å². The molecule has 1 aliphatic heterocycles. The third kappa shape index (κ3) is 3.47. The first-order chi connectivity index (χ1) is 8.81. The van der Waals surface area contributed by atoms with Crippen molar-refractivity contribution in [1.82, 2.24) is 5.32 Å². The summed E-state index contributed by atoms with van der Waals surface area (Å²) < 4.78 is 0. The highest BCUT2D eigenvalue weighted by molar-refractivity contribution is 5.61. The summed E-state index contributed by atoms with van der Waals surface area (Å²) in [6.45, 7) is 5.42. The molecule has 0 amide bonds. The summed E-state index contributed by atoms with van der Waals surface area (Å²) >= 11 is 0. The molecule has 3 nitrogen and oxygen atoms in total. The van der Waals surface area contributed by atoms with Crippen molar-refractivity contribution in [2.75, 3.05) is 25.0 Å². The lowest BCUT2D eigenvalue weighted by Gasteiger charge is -2.11. The zero-order chi connectivity index (χ0) is 12.8. The summed E-state index contributed by atoms with van der Waals surface area (Å²) in [5, 5.41) is 15.9. The Bertz CT molecular complexity index is 379. The van der Waals surface area contributed by atoms with Crippen LogP contribution < -0.4 is 10.6 Å². The maximum atomic E-state index is 8.95. The smallest absolute Gasteiger partial charge is 0.0456 e. The van der Waals surface area contributed by atoms with E-state index in [0.717, 1.165) is 38.9 Å². The lowest BCUT2D eigenvalue weighted by atomic mass is 10.1. The van der Waals surface area contributed by atoms with Crippen LogP contribution >= 0.6 is 0 Å². The maximum absolute atomic E-state index is 8.95. The largest absolute Gasteiger partial charge is 0.396 e. The summed E-state index contributed by atoms with van der Waals surface area (Å²) in [4.78, 5) is 0. The molecule has 2 rings (SSSR count). The SMILES string of the molecule is CC(CO)CCCNCc1cccc2c1NCC2. The number of nitrogens with one attached hydrogen (secondary N) is 2. The van der Waals surface area contributed by atoms with Crippen LogP contribution in [0.2, 0.25) is 0 Å². The van der Waals surface area contributed by atoms with Crippen molar-refractivity contribution in [3.05, 3.63) is 29.3 Å².